The number of rotatable bonds is 3. The molecule has 0 aromatic heterocycles. The van der Waals surface area contributed by atoms with Crippen LogP contribution in [0.5, 0.6) is 5.75 Å². The number of benzene rings is 1. The second kappa shape index (κ2) is 6.19. The van der Waals surface area contributed by atoms with Crippen molar-refractivity contribution in [2.45, 2.75) is 44.1 Å². The lowest BCUT2D eigenvalue weighted by atomic mass is 9.53. The number of aromatic hydroxyl groups is 1. The SMILES string of the molecule is Oc1ccc(Cl)cc1/C=N/NC(=S)NC12CC3CC(CC(C3)C1)C2. The Bertz CT molecular complexity index is 656. The Morgan fingerprint density at radius 1 is 1.21 bits per heavy atom. The number of hydrogen-bond donors (Lipinski definition) is 3. The number of halogens is 1. The maximum absolute atomic E-state index is 9.78. The summed E-state index contributed by atoms with van der Waals surface area (Å²) in [7, 11) is 0. The molecule has 0 heterocycles. The fraction of sp³-hybridized carbons (Fsp3) is 0.556. The van der Waals surface area contributed by atoms with Crippen LogP contribution in [0.25, 0.3) is 0 Å². The topological polar surface area (TPSA) is 56.7 Å². The molecule has 5 rings (SSSR count). The van der Waals surface area contributed by atoms with E-state index in [1.807, 2.05) is 0 Å². The van der Waals surface area contributed by atoms with E-state index in [1.54, 1.807) is 18.2 Å². The first-order valence-electron chi connectivity index (χ1n) is 8.61. The van der Waals surface area contributed by atoms with Gasteiger partial charge in [-0.15, -0.1) is 0 Å². The van der Waals surface area contributed by atoms with Crippen LogP contribution in [0.1, 0.15) is 44.1 Å². The molecule has 3 N–H and O–H groups in total. The Morgan fingerprint density at radius 3 is 2.46 bits per heavy atom. The summed E-state index contributed by atoms with van der Waals surface area (Å²) in [6.07, 6.45) is 9.47. The molecule has 4 saturated carbocycles. The second-order valence-electron chi connectivity index (χ2n) is 7.73. The van der Waals surface area contributed by atoms with Gasteiger partial charge in [0.2, 0.25) is 0 Å². The highest BCUT2D eigenvalue weighted by Gasteiger charge is 2.51. The van der Waals surface area contributed by atoms with Gasteiger partial charge in [0.05, 0.1) is 6.21 Å². The predicted molar refractivity (Wildman–Crippen MR) is 100 cm³/mol. The molecule has 0 aliphatic heterocycles. The van der Waals surface area contributed by atoms with Crippen molar-refractivity contribution in [2.24, 2.45) is 22.9 Å². The molecule has 6 heteroatoms. The second-order valence-corrected chi connectivity index (χ2v) is 8.57. The Kier molecular flexibility index (Phi) is 4.17. The van der Waals surface area contributed by atoms with Crippen molar-refractivity contribution >= 4 is 35.1 Å². The van der Waals surface area contributed by atoms with E-state index >= 15 is 0 Å². The molecule has 4 nitrogen and oxygen atoms in total. The van der Waals surface area contributed by atoms with Gasteiger partial charge in [-0.3, -0.25) is 5.43 Å². The number of phenolic OH excluding ortho intramolecular Hbond substituents is 1. The Balaban J connectivity index is 1.37. The van der Waals surface area contributed by atoms with Crippen LogP contribution in [0.15, 0.2) is 23.3 Å². The molecule has 4 aliphatic carbocycles. The summed E-state index contributed by atoms with van der Waals surface area (Å²) in [5.41, 5.74) is 3.62. The minimum Gasteiger partial charge on any atom is -0.507 e. The van der Waals surface area contributed by atoms with Gasteiger partial charge in [0, 0.05) is 16.1 Å². The molecule has 0 amide bonds. The largest absolute Gasteiger partial charge is 0.507 e. The van der Waals surface area contributed by atoms with Crippen molar-refractivity contribution in [1.82, 2.24) is 10.7 Å². The van der Waals surface area contributed by atoms with Crippen molar-refractivity contribution in [2.75, 3.05) is 0 Å². The average Bonchev–Trinajstić information content (AvgIpc) is 2.48. The molecule has 4 aliphatic rings. The summed E-state index contributed by atoms with van der Waals surface area (Å²) in [5.74, 6) is 2.76. The number of thiocarbonyl (C=S) groups is 1. The number of phenols is 1. The quantitative estimate of drug-likeness (QED) is 0.434. The van der Waals surface area contributed by atoms with Crippen LogP contribution < -0.4 is 10.7 Å². The zero-order chi connectivity index (χ0) is 16.7. The standard InChI is InChI=1S/C18H22ClN3OS/c19-15-1-2-16(23)14(6-15)10-20-22-17(24)21-18-7-11-3-12(8-18)5-13(4-11)9-18/h1-2,6,10-13,23H,3-5,7-9H2,(H2,21,22,24)/b20-10+. The van der Waals surface area contributed by atoms with Crippen molar-refractivity contribution in [3.8, 4) is 5.75 Å². The zero-order valence-electron chi connectivity index (χ0n) is 13.5. The molecule has 0 atom stereocenters. The van der Waals surface area contributed by atoms with Crippen molar-refractivity contribution < 1.29 is 5.11 Å². The Labute approximate surface area is 152 Å². The normalized spacial score (nSPS) is 33.8. The number of hydrazone groups is 1. The van der Waals surface area contributed by atoms with Crippen LogP contribution in [0.4, 0.5) is 0 Å². The smallest absolute Gasteiger partial charge is 0.187 e. The fourth-order valence-electron chi connectivity index (χ4n) is 5.32. The van der Waals surface area contributed by atoms with Crippen LogP contribution in [0, 0.1) is 17.8 Å². The van der Waals surface area contributed by atoms with E-state index in [9.17, 15) is 5.11 Å². The molecule has 1 aromatic carbocycles. The van der Waals surface area contributed by atoms with Gasteiger partial charge >= 0.3 is 0 Å². The Hall–Kier alpha value is -1.33. The molecule has 0 spiro atoms. The first-order chi connectivity index (χ1) is 11.5. The van der Waals surface area contributed by atoms with E-state index in [0.717, 1.165) is 17.8 Å². The summed E-state index contributed by atoms with van der Waals surface area (Å²) in [6.45, 7) is 0. The van der Waals surface area contributed by atoms with Crippen molar-refractivity contribution in [1.29, 1.82) is 0 Å². The molecule has 0 unspecified atom stereocenters. The van der Waals surface area contributed by atoms with Gasteiger partial charge in [-0.05, 0) is 86.7 Å². The third-order valence-electron chi connectivity index (χ3n) is 5.78. The monoisotopic (exact) mass is 363 g/mol. The number of nitrogens with zero attached hydrogens (tertiary/aromatic N) is 1. The summed E-state index contributed by atoms with van der Waals surface area (Å²) >= 11 is 11.4. The molecule has 0 saturated heterocycles. The van der Waals surface area contributed by atoms with Crippen LogP contribution in [-0.4, -0.2) is 22.0 Å². The molecule has 4 bridgehead atoms. The molecular weight excluding hydrogens is 342 g/mol. The van der Waals surface area contributed by atoms with Crippen LogP contribution in [0.2, 0.25) is 5.02 Å². The summed E-state index contributed by atoms with van der Waals surface area (Å²) in [4.78, 5) is 0. The van der Waals surface area contributed by atoms with E-state index in [2.05, 4.69) is 15.8 Å². The maximum atomic E-state index is 9.78. The summed E-state index contributed by atoms with van der Waals surface area (Å²) < 4.78 is 0. The van der Waals surface area contributed by atoms with Gasteiger partial charge < -0.3 is 10.4 Å². The minimum absolute atomic E-state index is 0.143. The first-order valence-corrected chi connectivity index (χ1v) is 9.40. The summed E-state index contributed by atoms with van der Waals surface area (Å²) in [5, 5.41) is 18.6. The highest BCUT2D eigenvalue weighted by atomic mass is 35.5. The third kappa shape index (κ3) is 3.24. The van der Waals surface area contributed by atoms with Crippen molar-refractivity contribution in [3.05, 3.63) is 28.8 Å². The molecule has 128 valence electrons. The minimum atomic E-state index is 0.143. The maximum Gasteiger partial charge on any atom is 0.187 e. The summed E-state index contributed by atoms with van der Waals surface area (Å²) in [6, 6.07) is 4.86. The molecule has 0 radical (unpaired) electrons. The first kappa shape index (κ1) is 16.2. The lowest BCUT2D eigenvalue weighted by Crippen LogP contribution is -2.61. The Morgan fingerprint density at radius 2 is 1.83 bits per heavy atom. The number of hydrogen-bond acceptors (Lipinski definition) is 3. The lowest BCUT2D eigenvalue weighted by Gasteiger charge is -2.57. The highest BCUT2D eigenvalue weighted by molar-refractivity contribution is 7.80. The molecule has 24 heavy (non-hydrogen) atoms. The van der Waals surface area contributed by atoms with E-state index in [1.165, 1.54) is 44.7 Å². The van der Waals surface area contributed by atoms with Crippen LogP contribution in [0.3, 0.4) is 0 Å². The average molecular weight is 364 g/mol. The third-order valence-corrected chi connectivity index (χ3v) is 6.20. The van der Waals surface area contributed by atoms with Gasteiger partial charge in [-0.25, -0.2) is 0 Å². The van der Waals surface area contributed by atoms with E-state index in [4.69, 9.17) is 23.8 Å². The number of nitrogens with one attached hydrogen (secondary N) is 2. The van der Waals surface area contributed by atoms with Gasteiger partial charge in [0.1, 0.15) is 5.75 Å². The highest BCUT2D eigenvalue weighted by Crippen LogP contribution is 2.55. The zero-order valence-corrected chi connectivity index (χ0v) is 15.0. The lowest BCUT2D eigenvalue weighted by molar-refractivity contribution is -0.0101. The van der Waals surface area contributed by atoms with Crippen molar-refractivity contribution in [3.63, 3.8) is 0 Å². The van der Waals surface area contributed by atoms with E-state index < -0.39 is 0 Å². The fourth-order valence-corrected chi connectivity index (χ4v) is 5.77. The van der Waals surface area contributed by atoms with E-state index in [-0.39, 0.29) is 11.3 Å². The van der Waals surface area contributed by atoms with E-state index in [0.29, 0.717) is 15.7 Å². The van der Waals surface area contributed by atoms with Gasteiger partial charge in [-0.1, -0.05) is 11.6 Å². The molecule has 4 fully saturated rings. The van der Waals surface area contributed by atoms with Crippen LogP contribution in [-0.2, 0) is 0 Å². The molecule has 1 aromatic rings. The predicted octanol–water partition coefficient (Wildman–Crippen LogP) is 3.81. The van der Waals surface area contributed by atoms with Crippen LogP contribution >= 0.6 is 23.8 Å². The van der Waals surface area contributed by atoms with Gasteiger partial charge in [0.25, 0.3) is 0 Å². The van der Waals surface area contributed by atoms with Gasteiger partial charge in [-0.2, -0.15) is 5.10 Å². The van der Waals surface area contributed by atoms with Gasteiger partial charge in [0.15, 0.2) is 5.11 Å². The molecular formula is C18H22ClN3OS.